The number of anilines is 1. The van der Waals surface area contributed by atoms with Crippen LogP contribution < -0.4 is 14.2 Å². The molecule has 0 aromatic heterocycles. The first-order valence-electron chi connectivity index (χ1n) is 7.67. The number of hydrogen-bond acceptors (Lipinski definition) is 4. The molecule has 0 aliphatic rings. The number of nitrogens with one attached hydrogen (secondary N) is 1. The highest BCUT2D eigenvalue weighted by molar-refractivity contribution is 7.92. The second kappa shape index (κ2) is 8.98. The van der Waals surface area contributed by atoms with Gasteiger partial charge in [-0.3, -0.25) is 4.72 Å². The van der Waals surface area contributed by atoms with Gasteiger partial charge < -0.3 is 9.47 Å². The fourth-order valence-electron chi connectivity index (χ4n) is 2.06. The van der Waals surface area contributed by atoms with Crippen molar-refractivity contribution in [1.82, 2.24) is 0 Å². The molecule has 0 radical (unpaired) electrons. The van der Waals surface area contributed by atoms with Gasteiger partial charge in [-0.1, -0.05) is 23.2 Å². The number of hydrogen-bond donors (Lipinski definition) is 1. The van der Waals surface area contributed by atoms with Crippen molar-refractivity contribution in [1.29, 1.82) is 0 Å². The standard InChI is InChI=1S/C16H11Cl2F6NO4S/c17-9-3-10(18)5-11(4-9)25-30(26,27)14-6-12(28-7-15(19,20)21)1-2-13(14)29-8-16(22,23)24/h1-6,25H,7-8H2. The zero-order valence-corrected chi connectivity index (χ0v) is 16.8. The summed E-state index contributed by atoms with van der Waals surface area (Å²) in [4.78, 5) is -0.887. The van der Waals surface area contributed by atoms with Gasteiger partial charge in [0.05, 0.1) is 5.69 Å². The summed E-state index contributed by atoms with van der Waals surface area (Å²) >= 11 is 11.5. The molecule has 0 atom stereocenters. The van der Waals surface area contributed by atoms with Crippen LogP contribution in [0.4, 0.5) is 32.0 Å². The molecule has 0 saturated heterocycles. The highest BCUT2D eigenvalue weighted by atomic mass is 35.5. The Labute approximate surface area is 176 Å². The molecule has 0 aliphatic heterocycles. The van der Waals surface area contributed by atoms with E-state index < -0.39 is 52.0 Å². The monoisotopic (exact) mass is 497 g/mol. The number of rotatable bonds is 7. The Balaban J connectivity index is 2.42. The summed E-state index contributed by atoms with van der Waals surface area (Å²) < 4.78 is 111. The molecule has 0 heterocycles. The van der Waals surface area contributed by atoms with Crippen molar-refractivity contribution >= 4 is 38.9 Å². The zero-order valence-electron chi connectivity index (χ0n) is 14.4. The Kier molecular flexibility index (Phi) is 7.25. The van der Waals surface area contributed by atoms with Crippen LogP contribution in [0.25, 0.3) is 0 Å². The molecule has 0 bridgehead atoms. The molecule has 14 heteroatoms. The Morgan fingerprint density at radius 1 is 0.833 bits per heavy atom. The SMILES string of the molecule is O=S(=O)(Nc1cc(Cl)cc(Cl)c1)c1cc(OCC(F)(F)F)ccc1OCC(F)(F)F. The van der Waals surface area contributed by atoms with E-state index in [0.29, 0.717) is 6.07 Å². The maximum Gasteiger partial charge on any atom is 0.422 e. The minimum atomic E-state index is -4.79. The molecular formula is C16H11Cl2F6NO4S. The van der Waals surface area contributed by atoms with Gasteiger partial charge in [0.25, 0.3) is 10.0 Å². The highest BCUT2D eigenvalue weighted by Crippen LogP contribution is 2.33. The quantitative estimate of drug-likeness (QED) is 0.500. The lowest BCUT2D eigenvalue weighted by Crippen LogP contribution is -2.22. The predicted octanol–water partition coefficient (Wildman–Crippen LogP) is 5.68. The molecular weight excluding hydrogens is 487 g/mol. The van der Waals surface area contributed by atoms with E-state index in [1.165, 1.54) is 6.07 Å². The van der Waals surface area contributed by atoms with Gasteiger partial charge in [0.2, 0.25) is 0 Å². The van der Waals surface area contributed by atoms with Crippen LogP contribution in [-0.2, 0) is 10.0 Å². The van der Waals surface area contributed by atoms with E-state index >= 15 is 0 Å². The molecule has 0 aliphatic carbocycles. The Morgan fingerprint density at radius 2 is 1.37 bits per heavy atom. The van der Waals surface area contributed by atoms with Crippen LogP contribution in [0.5, 0.6) is 11.5 Å². The smallest absolute Gasteiger partial charge is 0.422 e. The van der Waals surface area contributed by atoms with E-state index in [1.807, 2.05) is 4.72 Å². The van der Waals surface area contributed by atoms with Gasteiger partial charge in [0, 0.05) is 16.1 Å². The van der Waals surface area contributed by atoms with Gasteiger partial charge in [-0.2, -0.15) is 26.3 Å². The van der Waals surface area contributed by atoms with Crippen molar-refractivity contribution in [2.75, 3.05) is 17.9 Å². The van der Waals surface area contributed by atoms with E-state index in [0.717, 1.165) is 24.3 Å². The molecule has 2 rings (SSSR count). The van der Waals surface area contributed by atoms with Crippen LogP contribution in [0.1, 0.15) is 0 Å². The minimum Gasteiger partial charge on any atom is -0.484 e. The van der Waals surface area contributed by atoms with E-state index in [9.17, 15) is 34.8 Å². The van der Waals surface area contributed by atoms with Crippen molar-refractivity contribution in [3.63, 3.8) is 0 Å². The van der Waals surface area contributed by atoms with Gasteiger partial charge in [-0.05, 0) is 30.3 Å². The Morgan fingerprint density at radius 3 is 1.90 bits per heavy atom. The van der Waals surface area contributed by atoms with E-state index in [2.05, 4.69) is 9.47 Å². The third kappa shape index (κ3) is 7.65. The van der Waals surface area contributed by atoms with Crippen LogP contribution in [0.15, 0.2) is 41.3 Å². The van der Waals surface area contributed by atoms with Crippen LogP contribution in [0.3, 0.4) is 0 Å². The van der Waals surface area contributed by atoms with Crippen molar-refractivity contribution in [3.05, 3.63) is 46.4 Å². The Hall–Kier alpha value is -2.05. The first-order valence-corrected chi connectivity index (χ1v) is 9.91. The third-order valence-corrected chi connectivity index (χ3v) is 4.95. The first-order chi connectivity index (χ1) is 13.6. The van der Waals surface area contributed by atoms with Gasteiger partial charge in [-0.15, -0.1) is 0 Å². The van der Waals surface area contributed by atoms with E-state index in [-0.39, 0.29) is 15.7 Å². The average molecular weight is 498 g/mol. The van der Waals surface area contributed by atoms with Crippen LogP contribution in [0, 0.1) is 0 Å². The number of benzene rings is 2. The maximum atomic E-state index is 12.7. The summed E-state index contributed by atoms with van der Waals surface area (Å²) in [5.41, 5.74) is -0.143. The number of sulfonamides is 1. The molecule has 5 nitrogen and oxygen atoms in total. The first kappa shape index (κ1) is 24.2. The molecule has 0 fully saturated rings. The molecule has 0 spiro atoms. The van der Waals surface area contributed by atoms with Gasteiger partial charge in [0.15, 0.2) is 13.2 Å². The molecule has 0 unspecified atom stereocenters. The summed E-state index contributed by atoms with van der Waals surface area (Å²) in [6, 6.07) is 5.80. The van der Waals surface area contributed by atoms with Gasteiger partial charge in [0.1, 0.15) is 16.4 Å². The summed E-state index contributed by atoms with van der Waals surface area (Å²) in [7, 11) is -4.64. The molecule has 0 saturated carbocycles. The van der Waals surface area contributed by atoms with E-state index in [1.54, 1.807) is 0 Å². The van der Waals surface area contributed by atoms with E-state index in [4.69, 9.17) is 23.2 Å². The van der Waals surface area contributed by atoms with Crippen molar-refractivity contribution < 1.29 is 44.2 Å². The normalized spacial score (nSPS) is 12.5. The van der Waals surface area contributed by atoms with Crippen LogP contribution >= 0.6 is 23.2 Å². The third-order valence-electron chi connectivity index (χ3n) is 3.11. The minimum absolute atomic E-state index is 0.0519. The maximum absolute atomic E-state index is 12.7. The van der Waals surface area contributed by atoms with Crippen molar-refractivity contribution in [2.45, 2.75) is 17.2 Å². The fraction of sp³-hybridized carbons (Fsp3) is 0.250. The number of alkyl halides is 6. The molecule has 30 heavy (non-hydrogen) atoms. The number of halogens is 8. The summed E-state index contributed by atoms with van der Waals surface area (Å²) in [6.45, 7) is -3.58. The van der Waals surface area contributed by atoms with Crippen molar-refractivity contribution in [2.24, 2.45) is 0 Å². The topological polar surface area (TPSA) is 64.6 Å². The molecule has 2 aromatic rings. The van der Waals surface area contributed by atoms with Gasteiger partial charge >= 0.3 is 12.4 Å². The van der Waals surface area contributed by atoms with Crippen molar-refractivity contribution in [3.8, 4) is 11.5 Å². The predicted molar refractivity (Wildman–Crippen MR) is 96.8 cm³/mol. The number of ether oxygens (including phenoxy) is 2. The zero-order chi connectivity index (χ0) is 22.7. The lowest BCUT2D eigenvalue weighted by atomic mass is 10.3. The Bertz CT molecular complexity index is 992. The molecule has 2 aromatic carbocycles. The highest BCUT2D eigenvalue weighted by Gasteiger charge is 2.31. The second-order valence-corrected chi connectivity index (χ2v) is 8.20. The molecule has 0 amide bonds. The molecule has 1 N–H and O–H groups in total. The average Bonchev–Trinajstić information content (AvgIpc) is 2.55. The second-order valence-electron chi connectivity index (χ2n) is 5.68. The lowest BCUT2D eigenvalue weighted by Gasteiger charge is -2.16. The van der Waals surface area contributed by atoms with Crippen LogP contribution in [-0.4, -0.2) is 34.0 Å². The molecule has 166 valence electrons. The van der Waals surface area contributed by atoms with Crippen LogP contribution in [0.2, 0.25) is 10.0 Å². The fourth-order valence-corrected chi connectivity index (χ4v) is 3.78. The summed E-state index contributed by atoms with van der Waals surface area (Å²) in [6.07, 6.45) is -9.51. The summed E-state index contributed by atoms with van der Waals surface area (Å²) in [5, 5.41) is 0.104. The lowest BCUT2D eigenvalue weighted by molar-refractivity contribution is -0.154. The summed E-state index contributed by atoms with van der Waals surface area (Å²) in [5.74, 6) is -1.32. The van der Waals surface area contributed by atoms with Gasteiger partial charge in [-0.25, -0.2) is 8.42 Å². The largest absolute Gasteiger partial charge is 0.484 e.